The minimum atomic E-state index is 0.0365. The summed E-state index contributed by atoms with van der Waals surface area (Å²) in [6.45, 7) is 8.72. The minimum absolute atomic E-state index is 0.0365. The fourth-order valence-corrected chi connectivity index (χ4v) is 4.10. The van der Waals surface area contributed by atoms with Gasteiger partial charge in [0.25, 0.3) is 5.91 Å². The van der Waals surface area contributed by atoms with Crippen molar-refractivity contribution in [2.45, 2.75) is 13.3 Å². The van der Waals surface area contributed by atoms with Crippen molar-refractivity contribution in [1.82, 2.24) is 20.1 Å². The zero-order chi connectivity index (χ0) is 21.6. The summed E-state index contributed by atoms with van der Waals surface area (Å²) in [7, 11) is 0. The second-order valence-electron chi connectivity index (χ2n) is 8.06. The predicted octanol–water partition coefficient (Wildman–Crippen LogP) is 1.36. The molecule has 0 atom stereocenters. The Morgan fingerprint density at radius 1 is 1.06 bits per heavy atom. The molecule has 4 rings (SSSR count). The van der Waals surface area contributed by atoms with Gasteiger partial charge >= 0.3 is 0 Å². The Hall–Kier alpha value is -2.71. The van der Waals surface area contributed by atoms with E-state index in [1.54, 1.807) is 0 Å². The Morgan fingerprint density at radius 2 is 1.81 bits per heavy atom. The van der Waals surface area contributed by atoms with Crippen LogP contribution < -0.4 is 10.2 Å². The molecule has 2 aliphatic heterocycles. The number of carbonyl (C=O) groups excluding carboxylic acids is 2. The molecule has 8 heteroatoms. The van der Waals surface area contributed by atoms with E-state index >= 15 is 0 Å². The summed E-state index contributed by atoms with van der Waals surface area (Å²) >= 11 is 0. The van der Waals surface area contributed by atoms with Crippen LogP contribution >= 0.6 is 0 Å². The van der Waals surface area contributed by atoms with Gasteiger partial charge in [-0.05, 0) is 18.6 Å². The molecule has 0 unspecified atom stereocenters. The molecule has 0 bridgehead atoms. The second-order valence-corrected chi connectivity index (χ2v) is 8.06. The summed E-state index contributed by atoms with van der Waals surface area (Å²) in [5.41, 5.74) is 1.53. The summed E-state index contributed by atoms with van der Waals surface area (Å²) in [5, 5.41) is 3.82. The van der Waals surface area contributed by atoms with E-state index in [9.17, 15) is 9.59 Å². The molecule has 1 aromatic carbocycles. The number of para-hydroxylation sites is 1. The number of morpholine rings is 1. The van der Waals surface area contributed by atoms with Gasteiger partial charge in [-0.15, -0.1) is 0 Å². The van der Waals surface area contributed by atoms with Crippen LogP contribution in [0.5, 0.6) is 0 Å². The third kappa shape index (κ3) is 5.14. The molecule has 2 amide bonds. The van der Waals surface area contributed by atoms with Crippen molar-refractivity contribution in [3.63, 3.8) is 0 Å². The molecule has 0 saturated carbocycles. The van der Waals surface area contributed by atoms with Gasteiger partial charge in [0.05, 0.1) is 30.8 Å². The number of nitrogens with zero attached hydrogens (tertiary/aromatic N) is 4. The first-order chi connectivity index (χ1) is 15.2. The molecule has 8 nitrogen and oxygen atoms in total. The Morgan fingerprint density at radius 3 is 2.55 bits per heavy atom. The van der Waals surface area contributed by atoms with Crippen LogP contribution in [0.15, 0.2) is 30.3 Å². The lowest BCUT2D eigenvalue weighted by Crippen LogP contribution is -2.49. The summed E-state index contributed by atoms with van der Waals surface area (Å²) < 4.78 is 5.40. The van der Waals surface area contributed by atoms with Gasteiger partial charge in [0.1, 0.15) is 5.82 Å². The number of amides is 2. The smallest absolute Gasteiger partial charge is 0.254 e. The average molecular weight is 426 g/mol. The summed E-state index contributed by atoms with van der Waals surface area (Å²) in [4.78, 5) is 36.4. The zero-order valence-electron chi connectivity index (χ0n) is 18.2. The molecule has 0 spiro atoms. The van der Waals surface area contributed by atoms with Crippen LogP contribution in [-0.2, 0) is 9.53 Å². The van der Waals surface area contributed by atoms with Gasteiger partial charge in [0.2, 0.25) is 5.91 Å². The highest BCUT2D eigenvalue weighted by atomic mass is 16.5. The molecule has 166 valence electrons. The number of hydrogen-bond acceptors (Lipinski definition) is 6. The third-order valence-corrected chi connectivity index (χ3v) is 5.87. The highest BCUT2D eigenvalue weighted by molar-refractivity contribution is 6.07. The number of fused-ring (bicyclic) bond motifs is 1. The van der Waals surface area contributed by atoms with E-state index in [1.165, 1.54) is 0 Å². The molecule has 1 N–H and O–H groups in total. The van der Waals surface area contributed by atoms with Crippen molar-refractivity contribution in [1.29, 1.82) is 0 Å². The number of pyridine rings is 1. The molecule has 2 aromatic rings. The topological polar surface area (TPSA) is 78.0 Å². The van der Waals surface area contributed by atoms with E-state index in [1.807, 2.05) is 42.2 Å². The van der Waals surface area contributed by atoms with Crippen LogP contribution in [0.4, 0.5) is 5.82 Å². The Labute approximate surface area is 183 Å². The molecule has 0 radical (unpaired) electrons. The van der Waals surface area contributed by atoms with E-state index in [2.05, 4.69) is 15.1 Å². The first-order valence-corrected chi connectivity index (χ1v) is 11.2. The van der Waals surface area contributed by atoms with Crippen molar-refractivity contribution in [2.75, 3.05) is 70.5 Å². The van der Waals surface area contributed by atoms with Gasteiger partial charge in [-0.25, -0.2) is 4.98 Å². The van der Waals surface area contributed by atoms with Gasteiger partial charge in [-0.1, -0.05) is 25.1 Å². The van der Waals surface area contributed by atoms with E-state index in [0.29, 0.717) is 38.4 Å². The fourth-order valence-electron chi connectivity index (χ4n) is 4.10. The van der Waals surface area contributed by atoms with E-state index < -0.39 is 0 Å². The number of carbonyl (C=O) groups is 2. The van der Waals surface area contributed by atoms with E-state index in [4.69, 9.17) is 9.72 Å². The molecule has 31 heavy (non-hydrogen) atoms. The van der Waals surface area contributed by atoms with Crippen molar-refractivity contribution >= 4 is 28.5 Å². The summed E-state index contributed by atoms with van der Waals surface area (Å²) in [5.74, 6) is 0.942. The lowest BCUT2D eigenvalue weighted by Gasteiger charge is -2.35. The van der Waals surface area contributed by atoms with Crippen LogP contribution in [0.2, 0.25) is 0 Å². The number of piperazine rings is 1. The van der Waals surface area contributed by atoms with E-state index in [0.717, 1.165) is 55.9 Å². The Bertz CT molecular complexity index is 921. The van der Waals surface area contributed by atoms with E-state index in [-0.39, 0.29) is 11.8 Å². The molecule has 1 aromatic heterocycles. The minimum Gasteiger partial charge on any atom is -0.378 e. The third-order valence-electron chi connectivity index (χ3n) is 5.87. The molecule has 2 fully saturated rings. The maximum absolute atomic E-state index is 13.3. The van der Waals surface area contributed by atoms with Gasteiger partial charge < -0.3 is 19.9 Å². The highest BCUT2D eigenvalue weighted by Gasteiger charge is 2.24. The fraction of sp³-hybridized carbons (Fsp3) is 0.522. The van der Waals surface area contributed by atoms with Crippen molar-refractivity contribution < 1.29 is 14.3 Å². The number of rotatable bonds is 6. The molecule has 2 aliphatic rings. The molecular weight excluding hydrogens is 394 g/mol. The van der Waals surface area contributed by atoms with Gasteiger partial charge in [0.15, 0.2) is 0 Å². The van der Waals surface area contributed by atoms with Crippen LogP contribution in [-0.4, -0.2) is 92.2 Å². The Balaban J connectivity index is 1.50. The van der Waals surface area contributed by atoms with Gasteiger partial charge in [-0.3, -0.25) is 14.5 Å². The lowest BCUT2D eigenvalue weighted by atomic mass is 10.1. The lowest BCUT2D eigenvalue weighted by molar-refractivity contribution is -0.122. The normalized spacial score (nSPS) is 17.7. The highest BCUT2D eigenvalue weighted by Crippen LogP contribution is 2.25. The predicted molar refractivity (Wildman–Crippen MR) is 120 cm³/mol. The number of hydrogen-bond donors (Lipinski definition) is 1. The Kier molecular flexibility index (Phi) is 6.99. The van der Waals surface area contributed by atoms with Gasteiger partial charge in [-0.2, -0.15) is 0 Å². The molecule has 2 saturated heterocycles. The SMILES string of the molecule is CCCNC(=O)CN1CCN(c2cc(C(=O)N3CCOCC3)c3ccccc3n2)CC1. The monoisotopic (exact) mass is 425 g/mol. The van der Waals surface area contributed by atoms with Crippen LogP contribution in [0, 0.1) is 0 Å². The van der Waals surface area contributed by atoms with Crippen molar-refractivity contribution in [3.8, 4) is 0 Å². The standard InChI is InChI=1S/C23H31N5O3/c1-2-7-24-22(29)17-26-8-10-27(11-9-26)21-16-19(18-5-3-4-6-20(18)25-21)23(30)28-12-14-31-15-13-28/h3-6,16H,2,7-15,17H2,1H3,(H,24,29). The number of aromatic nitrogens is 1. The zero-order valence-corrected chi connectivity index (χ0v) is 18.2. The maximum Gasteiger partial charge on any atom is 0.254 e. The summed E-state index contributed by atoms with van der Waals surface area (Å²) in [6, 6.07) is 9.76. The number of benzene rings is 1. The van der Waals surface area contributed by atoms with Crippen molar-refractivity contribution in [3.05, 3.63) is 35.9 Å². The first-order valence-electron chi connectivity index (χ1n) is 11.2. The largest absolute Gasteiger partial charge is 0.378 e. The first kappa shape index (κ1) is 21.5. The quantitative estimate of drug-likeness (QED) is 0.753. The number of ether oxygens (including phenoxy) is 1. The average Bonchev–Trinajstić information content (AvgIpc) is 2.82. The van der Waals surface area contributed by atoms with Crippen LogP contribution in [0.1, 0.15) is 23.7 Å². The second kappa shape index (κ2) is 10.1. The molecular formula is C23H31N5O3. The molecule has 0 aliphatic carbocycles. The van der Waals surface area contributed by atoms with Crippen LogP contribution in [0.3, 0.4) is 0 Å². The van der Waals surface area contributed by atoms with Crippen molar-refractivity contribution in [2.24, 2.45) is 0 Å². The van der Waals surface area contributed by atoms with Crippen LogP contribution in [0.25, 0.3) is 10.9 Å². The molecule has 3 heterocycles. The summed E-state index contributed by atoms with van der Waals surface area (Å²) in [6.07, 6.45) is 0.943. The number of anilines is 1. The number of nitrogens with one attached hydrogen (secondary N) is 1. The van der Waals surface area contributed by atoms with Gasteiger partial charge in [0, 0.05) is 51.2 Å². The maximum atomic E-state index is 13.3.